The quantitative estimate of drug-likeness (QED) is 0.629. The van der Waals surface area contributed by atoms with Gasteiger partial charge in [0.05, 0.1) is 6.61 Å². The number of ketones is 1. The molecule has 3 N–H and O–H groups in total. The lowest BCUT2D eigenvalue weighted by molar-refractivity contribution is -0.187. The maximum absolute atomic E-state index is 12.0. The molecule has 1 unspecified atom stereocenters. The highest BCUT2D eigenvalue weighted by atomic mass is 16.6. The summed E-state index contributed by atoms with van der Waals surface area (Å²) < 4.78 is 9.81. The average Bonchev–Trinajstić information content (AvgIpc) is 2.52. The predicted octanol–water partition coefficient (Wildman–Crippen LogP) is -0.553. The minimum Gasteiger partial charge on any atom is -0.385 e. The maximum Gasteiger partial charge on any atom is 0.190 e. The Morgan fingerprint density at radius 1 is 1.56 bits per heavy atom. The van der Waals surface area contributed by atoms with Gasteiger partial charge in [0.15, 0.2) is 12.1 Å². The number of carbonyl (C=O) groups excluding carboxylic acids is 1. The lowest BCUT2D eigenvalue weighted by atomic mass is 9.84. The number of methoxy groups -OCH3 is 1. The van der Waals surface area contributed by atoms with E-state index in [1.165, 1.54) is 7.11 Å². The van der Waals surface area contributed by atoms with Crippen LogP contribution in [0.15, 0.2) is 0 Å². The van der Waals surface area contributed by atoms with E-state index < -0.39 is 35.3 Å². The van der Waals surface area contributed by atoms with Crippen LogP contribution in [0.4, 0.5) is 0 Å². The summed E-state index contributed by atoms with van der Waals surface area (Å²) in [5.74, 6) is -0.534. The van der Waals surface area contributed by atoms with Crippen LogP contribution in [0.25, 0.3) is 0 Å². The van der Waals surface area contributed by atoms with Crippen molar-refractivity contribution >= 4 is 5.78 Å². The Balaban J connectivity index is 2.74. The summed E-state index contributed by atoms with van der Waals surface area (Å²) in [5, 5.41) is 29.5. The molecule has 106 valence electrons. The minimum absolute atomic E-state index is 0.0893. The molecule has 0 amide bonds. The van der Waals surface area contributed by atoms with Gasteiger partial charge in [0.2, 0.25) is 0 Å². The Bertz CT molecular complexity index is 310. The van der Waals surface area contributed by atoms with Crippen LogP contribution in [0.5, 0.6) is 0 Å². The number of carbonyl (C=O) groups is 1. The number of hydrogen-bond acceptors (Lipinski definition) is 6. The SMILES string of the molecule is COC[C@@]1(O)C[C@@H](C(=O)C(O)C(C)(C)C)O[C@@H]1O. The number of hydrogen-bond donors (Lipinski definition) is 3. The number of Topliss-reactive ketones (excluding diaryl/α,β-unsaturated/α-hetero) is 1. The van der Waals surface area contributed by atoms with Gasteiger partial charge in [-0.3, -0.25) is 4.79 Å². The topological polar surface area (TPSA) is 96.2 Å². The third kappa shape index (κ3) is 3.07. The van der Waals surface area contributed by atoms with Crippen LogP contribution in [0.3, 0.4) is 0 Å². The van der Waals surface area contributed by atoms with E-state index in [0.717, 1.165) is 0 Å². The number of rotatable bonds is 4. The van der Waals surface area contributed by atoms with E-state index in [4.69, 9.17) is 9.47 Å². The highest BCUT2D eigenvalue weighted by molar-refractivity contribution is 5.88. The Kier molecular flexibility index (Phi) is 4.51. The molecule has 18 heavy (non-hydrogen) atoms. The molecule has 0 bridgehead atoms. The molecule has 6 heteroatoms. The smallest absolute Gasteiger partial charge is 0.190 e. The summed E-state index contributed by atoms with van der Waals surface area (Å²) in [5.41, 5.74) is -2.22. The molecule has 0 aliphatic carbocycles. The highest BCUT2D eigenvalue weighted by Crippen LogP contribution is 2.32. The normalized spacial score (nSPS) is 34.6. The molecule has 0 saturated carbocycles. The summed E-state index contributed by atoms with van der Waals surface area (Å²) in [6, 6.07) is 0. The van der Waals surface area contributed by atoms with Crippen molar-refractivity contribution in [2.45, 2.75) is 51.3 Å². The molecule has 1 heterocycles. The third-order valence-corrected chi connectivity index (χ3v) is 3.09. The van der Waals surface area contributed by atoms with Gasteiger partial charge in [0, 0.05) is 13.5 Å². The molecule has 0 aromatic heterocycles. The van der Waals surface area contributed by atoms with Crippen molar-refractivity contribution in [2.24, 2.45) is 5.41 Å². The van der Waals surface area contributed by atoms with Crippen LogP contribution >= 0.6 is 0 Å². The average molecular weight is 262 g/mol. The van der Waals surface area contributed by atoms with Gasteiger partial charge in [-0.15, -0.1) is 0 Å². The molecule has 1 aliphatic heterocycles. The standard InChI is InChI=1S/C12H22O6/c1-11(2,3)9(14)8(13)7-5-12(16,6-17-4)10(15)18-7/h7,9-10,14-16H,5-6H2,1-4H3/t7-,9?,10-,12-/m0/s1. The largest absolute Gasteiger partial charge is 0.385 e. The van der Waals surface area contributed by atoms with Gasteiger partial charge in [-0.05, 0) is 5.41 Å². The Hall–Kier alpha value is -0.530. The van der Waals surface area contributed by atoms with Crippen molar-refractivity contribution in [3.05, 3.63) is 0 Å². The van der Waals surface area contributed by atoms with Gasteiger partial charge in [-0.1, -0.05) is 20.8 Å². The summed E-state index contributed by atoms with van der Waals surface area (Å²) in [6.07, 6.45) is -3.80. The monoisotopic (exact) mass is 262 g/mol. The van der Waals surface area contributed by atoms with Crippen LogP contribution in [0, 0.1) is 5.41 Å². The van der Waals surface area contributed by atoms with Crippen molar-refractivity contribution in [3.8, 4) is 0 Å². The molecular weight excluding hydrogens is 240 g/mol. The third-order valence-electron chi connectivity index (χ3n) is 3.09. The maximum atomic E-state index is 12.0. The van der Waals surface area contributed by atoms with Crippen molar-refractivity contribution in [2.75, 3.05) is 13.7 Å². The zero-order chi connectivity index (χ0) is 14.1. The molecule has 6 nitrogen and oxygen atoms in total. The fourth-order valence-corrected chi connectivity index (χ4v) is 1.90. The summed E-state index contributed by atoms with van der Waals surface area (Å²) in [4.78, 5) is 12.0. The van der Waals surface area contributed by atoms with Crippen LogP contribution < -0.4 is 0 Å². The van der Waals surface area contributed by atoms with Crippen molar-refractivity contribution in [1.82, 2.24) is 0 Å². The van der Waals surface area contributed by atoms with E-state index in [0.29, 0.717) is 0 Å². The molecule has 0 spiro atoms. The van der Waals surface area contributed by atoms with E-state index >= 15 is 0 Å². The first kappa shape index (κ1) is 15.5. The van der Waals surface area contributed by atoms with Gasteiger partial charge >= 0.3 is 0 Å². The van der Waals surface area contributed by atoms with Crippen molar-refractivity contribution in [3.63, 3.8) is 0 Å². The minimum atomic E-state index is -1.60. The number of aliphatic hydroxyl groups excluding tert-OH is 2. The highest BCUT2D eigenvalue weighted by Gasteiger charge is 2.51. The van der Waals surface area contributed by atoms with Gasteiger partial charge < -0.3 is 24.8 Å². The number of aliphatic hydroxyl groups is 3. The lowest BCUT2D eigenvalue weighted by Crippen LogP contribution is -2.43. The van der Waals surface area contributed by atoms with E-state index in [1.54, 1.807) is 20.8 Å². The van der Waals surface area contributed by atoms with Gasteiger partial charge in [0.25, 0.3) is 0 Å². The second kappa shape index (κ2) is 5.22. The van der Waals surface area contributed by atoms with Gasteiger partial charge in [-0.2, -0.15) is 0 Å². The molecular formula is C12H22O6. The summed E-state index contributed by atoms with van der Waals surface area (Å²) in [6.45, 7) is 5.04. The first-order valence-corrected chi connectivity index (χ1v) is 5.88. The first-order valence-electron chi connectivity index (χ1n) is 5.88. The van der Waals surface area contributed by atoms with Crippen molar-refractivity contribution < 1.29 is 29.6 Å². The summed E-state index contributed by atoms with van der Waals surface area (Å²) in [7, 11) is 1.38. The summed E-state index contributed by atoms with van der Waals surface area (Å²) >= 11 is 0. The molecule has 4 atom stereocenters. The van der Waals surface area contributed by atoms with E-state index in [9.17, 15) is 20.1 Å². The fraction of sp³-hybridized carbons (Fsp3) is 0.917. The van der Waals surface area contributed by atoms with Crippen LogP contribution in [-0.2, 0) is 14.3 Å². The van der Waals surface area contributed by atoms with Crippen LogP contribution in [0.2, 0.25) is 0 Å². The van der Waals surface area contributed by atoms with E-state index in [1.807, 2.05) is 0 Å². The van der Waals surface area contributed by atoms with Crippen molar-refractivity contribution in [1.29, 1.82) is 0 Å². The Morgan fingerprint density at radius 2 is 2.11 bits per heavy atom. The molecule has 1 rings (SSSR count). The van der Waals surface area contributed by atoms with Crippen LogP contribution in [-0.4, -0.2) is 58.9 Å². The molecule has 0 aromatic rings. The first-order chi connectivity index (χ1) is 8.12. The van der Waals surface area contributed by atoms with Gasteiger partial charge in [-0.25, -0.2) is 0 Å². The molecule has 1 fully saturated rings. The second-order valence-corrected chi connectivity index (χ2v) is 5.89. The molecule has 0 radical (unpaired) electrons. The van der Waals surface area contributed by atoms with Gasteiger partial charge in [0.1, 0.15) is 17.8 Å². The fourth-order valence-electron chi connectivity index (χ4n) is 1.90. The Labute approximate surface area is 107 Å². The molecule has 1 aliphatic rings. The Morgan fingerprint density at radius 3 is 2.56 bits per heavy atom. The van der Waals surface area contributed by atoms with E-state index in [-0.39, 0.29) is 13.0 Å². The lowest BCUT2D eigenvalue weighted by Gasteiger charge is -2.26. The predicted molar refractivity (Wildman–Crippen MR) is 62.8 cm³/mol. The van der Waals surface area contributed by atoms with Crippen LogP contribution in [0.1, 0.15) is 27.2 Å². The number of ether oxygens (including phenoxy) is 2. The van der Waals surface area contributed by atoms with E-state index in [2.05, 4.69) is 0 Å². The molecule has 1 saturated heterocycles. The second-order valence-electron chi connectivity index (χ2n) is 5.89. The zero-order valence-corrected chi connectivity index (χ0v) is 11.2. The zero-order valence-electron chi connectivity index (χ0n) is 11.2. The molecule has 0 aromatic carbocycles.